The van der Waals surface area contributed by atoms with E-state index in [1.165, 1.54) is 6.07 Å². The van der Waals surface area contributed by atoms with Crippen LogP contribution in [0.4, 0.5) is 10.1 Å². The van der Waals surface area contributed by atoms with Crippen LogP contribution in [0.2, 0.25) is 5.02 Å². The molecule has 0 spiro atoms. The standard InChI is InChI=1S/C9H9ClFNO2/c1-5-2-6(10)8(3-7(5)11)12-9(14)4-13/h2-3,13H,4H2,1H3,(H,12,14). The lowest BCUT2D eigenvalue weighted by molar-refractivity contribution is -0.118. The minimum Gasteiger partial charge on any atom is -0.387 e. The van der Waals surface area contributed by atoms with Crippen LogP contribution >= 0.6 is 11.6 Å². The minimum atomic E-state index is -0.661. The summed E-state index contributed by atoms with van der Waals surface area (Å²) in [6.45, 7) is 0.907. The molecule has 0 aliphatic rings. The number of amides is 1. The Morgan fingerprint density at radius 3 is 2.86 bits per heavy atom. The molecule has 1 amide bonds. The van der Waals surface area contributed by atoms with E-state index in [0.717, 1.165) is 6.07 Å². The Balaban J connectivity index is 2.98. The van der Waals surface area contributed by atoms with E-state index in [1.54, 1.807) is 6.92 Å². The van der Waals surface area contributed by atoms with Gasteiger partial charge in [0.25, 0.3) is 0 Å². The highest BCUT2D eigenvalue weighted by Crippen LogP contribution is 2.24. The topological polar surface area (TPSA) is 49.3 Å². The number of aryl methyl sites for hydroxylation is 1. The van der Waals surface area contributed by atoms with Crippen molar-refractivity contribution in [1.82, 2.24) is 0 Å². The molecular weight excluding hydrogens is 209 g/mol. The molecule has 1 aromatic carbocycles. The lowest BCUT2D eigenvalue weighted by Gasteiger charge is -2.07. The van der Waals surface area contributed by atoms with Crippen molar-refractivity contribution in [3.05, 3.63) is 28.5 Å². The maximum atomic E-state index is 13.0. The fraction of sp³-hybridized carbons (Fsp3) is 0.222. The first-order valence-corrected chi connectivity index (χ1v) is 4.28. The van der Waals surface area contributed by atoms with Crippen LogP contribution in [0.1, 0.15) is 5.56 Å². The van der Waals surface area contributed by atoms with E-state index in [1.807, 2.05) is 0 Å². The molecule has 0 aromatic heterocycles. The number of nitrogens with one attached hydrogen (secondary N) is 1. The largest absolute Gasteiger partial charge is 0.387 e. The van der Waals surface area contributed by atoms with Crippen molar-refractivity contribution < 1.29 is 14.3 Å². The fourth-order valence-corrected chi connectivity index (χ4v) is 1.20. The first kappa shape index (κ1) is 10.9. The van der Waals surface area contributed by atoms with Gasteiger partial charge in [-0.3, -0.25) is 4.79 Å². The number of hydrogen-bond acceptors (Lipinski definition) is 2. The quantitative estimate of drug-likeness (QED) is 0.793. The average molecular weight is 218 g/mol. The van der Waals surface area contributed by atoms with Crippen molar-refractivity contribution in [3.8, 4) is 0 Å². The van der Waals surface area contributed by atoms with Gasteiger partial charge in [0.2, 0.25) is 5.91 Å². The molecule has 0 unspecified atom stereocenters. The Bertz CT molecular complexity index is 368. The van der Waals surface area contributed by atoms with E-state index >= 15 is 0 Å². The number of halogens is 2. The van der Waals surface area contributed by atoms with E-state index < -0.39 is 18.3 Å². The fourth-order valence-electron chi connectivity index (χ4n) is 0.932. The molecule has 14 heavy (non-hydrogen) atoms. The Labute approximate surface area is 85.5 Å². The second kappa shape index (κ2) is 4.39. The number of aliphatic hydroxyl groups is 1. The number of anilines is 1. The molecule has 0 aliphatic heterocycles. The van der Waals surface area contributed by atoms with Gasteiger partial charge >= 0.3 is 0 Å². The molecule has 3 nitrogen and oxygen atoms in total. The van der Waals surface area contributed by atoms with Crippen molar-refractivity contribution in [1.29, 1.82) is 0 Å². The normalized spacial score (nSPS) is 10.0. The summed E-state index contributed by atoms with van der Waals surface area (Å²) < 4.78 is 13.0. The van der Waals surface area contributed by atoms with Crippen LogP contribution in [0.25, 0.3) is 0 Å². The molecule has 2 N–H and O–H groups in total. The summed E-state index contributed by atoms with van der Waals surface area (Å²) in [6, 6.07) is 2.52. The second-order valence-corrected chi connectivity index (χ2v) is 3.19. The molecule has 5 heteroatoms. The van der Waals surface area contributed by atoms with E-state index in [4.69, 9.17) is 16.7 Å². The van der Waals surface area contributed by atoms with Crippen LogP contribution in [-0.4, -0.2) is 17.6 Å². The summed E-state index contributed by atoms with van der Waals surface area (Å²) in [5.74, 6) is -1.09. The molecule has 0 saturated heterocycles. The zero-order valence-corrected chi connectivity index (χ0v) is 8.23. The van der Waals surface area contributed by atoms with Crippen LogP contribution in [0.3, 0.4) is 0 Å². The minimum absolute atomic E-state index is 0.161. The third-order valence-corrected chi connectivity index (χ3v) is 1.98. The number of aliphatic hydroxyl groups excluding tert-OH is 1. The Hall–Kier alpha value is -1.13. The summed E-state index contributed by atoms with van der Waals surface area (Å²) in [5.41, 5.74) is 0.561. The maximum absolute atomic E-state index is 13.0. The number of carbonyl (C=O) groups excluding carboxylic acids is 1. The van der Waals surface area contributed by atoms with Crippen LogP contribution in [-0.2, 0) is 4.79 Å². The summed E-state index contributed by atoms with van der Waals surface area (Å²) in [6.07, 6.45) is 0. The van der Waals surface area contributed by atoms with Crippen LogP contribution in [0.15, 0.2) is 12.1 Å². The van der Waals surface area contributed by atoms with Crippen molar-refractivity contribution >= 4 is 23.2 Å². The highest BCUT2D eigenvalue weighted by atomic mass is 35.5. The molecule has 0 heterocycles. The predicted molar refractivity (Wildman–Crippen MR) is 51.9 cm³/mol. The van der Waals surface area contributed by atoms with E-state index in [0.29, 0.717) is 5.56 Å². The molecule has 1 aromatic rings. The van der Waals surface area contributed by atoms with Gasteiger partial charge in [-0.05, 0) is 24.6 Å². The molecule has 0 fully saturated rings. The number of benzene rings is 1. The van der Waals surface area contributed by atoms with Gasteiger partial charge in [-0.25, -0.2) is 4.39 Å². The van der Waals surface area contributed by atoms with E-state index in [9.17, 15) is 9.18 Å². The number of hydrogen-bond donors (Lipinski definition) is 2. The third-order valence-electron chi connectivity index (χ3n) is 1.67. The van der Waals surface area contributed by atoms with Crippen molar-refractivity contribution in [2.45, 2.75) is 6.92 Å². The molecule has 0 saturated carbocycles. The first-order valence-electron chi connectivity index (χ1n) is 3.91. The SMILES string of the molecule is Cc1cc(Cl)c(NC(=O)CO)cc1F. The van der Waals surface area contributed by atoms with Gasteiger partial charge in [-0.15, -0.1) is 0 Å². The van der Waals surface area contributed by atoms with Crippen LogP contribution < -0.4 is 5.32 Å². The van der Waals surface area contributed by atoms with Gasteiger partial charge in [-0.1, -0.05) is 11.6 Å². The molecule has 76 valence electrons. The zero-order valence-electron chi connectivity index (χ0n) is 7.47. The third kappa shape index (κ3) is 2.43. The van der Waals surface area contributed by atoms with Crippen molar-refractivity contribution in [2.75, 3.05) is 11.9 Å². The van der Waals surface area contributed by atoms with Gasteiger partial charge in [0.15, 0.2) is 0 Å². The molecule has 0 atom stereocenters. The monoisotopic (exact) mass is 217 g/mol. The zero-order chi connectivity index (χ0) is 10.7. The van der Waals surface area contributed by atoms with Crippen molar-refractivity contribution in [2.24, 2.45) is 0 Å². The number of rotatable bonds is 2. The van der Waals surface area contributed by atoms with E-state index in [2.05, 4.69) is 5.32 Å². The lowest BCUT2D eigenvalue weighted by Crippen LogP contribution is -2.15. The van der Waals surface area contributed by atoms with E-state index in [-0.39, 0.29) is 10.7 Å². The first-order chi connectivity index (χ1) is 6.54. The molecule has 0 radical (unpaired) electrons. The van der Waals surface area contributed by atoms with Gasteiger partial charge in [-0.2, -0.15) is 0 Å². The molecule has 1 rings (SSSR count). The second-order valence-electron chi connectivity index (χ2n) is 2.79. The predicted octanol–water partition coefficient (Wildman–Crippen LogP) is 1.72. The summed E-state index contributed by atoms with van der Waals surface area (Å²) in [4.78, 5) is 10.8. The highest BCUT2D eigenvalue weighted by molar-refractivity contribution is 6.33. The van der Waals surface area contributed by atoms with Crippen molar-refractivity contribution in [3.63, 3.8) is 0 Å². The smallest absolute Gasteiger partial charge is 0.250 e. The Morgan fingerprint density at radius 1 is 1.64 bits per heavy atom. The maximum Gasteiger partial charge on any atom is 0.250 e. The Morgan fingerprint density at radius 2 is 2.29 bits per heavy atom. The van der Waals surface area contributed by atoms with Gasteiger partial charge in [0.1, 0.15) is 12.4 Å². The lowest BCUT2D eigenvalue weighted by atomic mass is 10.2. The van der Waals surface area contributed by atoms with Crippen LogP contribution in [0, 0.1) is 12.7 Å². The summed E-state index contributed by atoms with van der Waals surface area (Å²) >= 11 is 5.74. The van der Waals surface area contributed by atoms with Gasteiger partial charge in [0.05, 0.1) is 10.7 Å². The molecular formula is C9H9ClFNO2. The highest BCUT2D eigenvalue weighted by Gasteiger charge is 2.07. The average Bonchev–Trinajstić information content (AvgIpc) is 2.14. The number of carbonyl (C=O) groups is 1. The van der Waals surface area contributed by atoms with Gasteiger partial charge < -0.3 is 10.4 Å². The van der Waals surface area contributed by atoms with Crippen LogP contribution in [0.5, 0.6) is 0 Å². The molecule has 0 bridgehead atoms. The summed E-state index contributed by atoms with van der Waals surface area (Å²) in [5, 5.41) is 11.0. The summed E-state index contributed by atoms with van der Waals surface area (Å²) in [7, 11) is 0. The Kier molecular flexibility index (Phi) is 3.43. The van der Waals surface area contributed by atoms with Gasteiger partial charge in [0, 0.05) is 0 Å². The molecule has 0 aliphatic carbocycles.